The molecule has 0 aliphatic carbocycles. The van der Waals surface area contributed by atoms with Gasteiger partial charge in [0.25, 0.3) is 0 Å². The Morgan fingerprint density at radius 3 is 2.00 bits per heavy atom. The van der Waals surface area contributed by atoms with Crippen molar-refractivity contribution in [2.24, 2.45) is 11.8 Å². The van der Waals surface area contributed by atoms with Crippen LogP contribution in [0.5, 0.6) is 0 Å². The molecule has 0 saturated carbocycles. The van der Waals surface area contributed by atoms with E-state index >= 15 is 0 Å². The SMILES string of the molecule is COC(=O)N[C@H](C(=O)N1CCC[C@H]1c1ncc(-c2ccc(-c3ccc4ccc(-c5ccc6nc([C@]7(C(=O)[C@@H](NC(=O)OC)C(C)C)CCCN7)[nH]c6c5)cc4c3)cc2)[nH]1)C(C)C. The fraction of sp³-hybridized carbons (Fsp3) is 0.375. The van der Waals surface area contributed by atoms with Gasteiger partial charge in [0.05, 0.1) is 49.2 Å². The first-order valence-electron chi connectivity index (χ1n) is 21.4. The number of hydrogen-bond donors (Lipinski definition) is 5. The lowest BCUT2D eigenvalue weighted by molar-refractivity contribution is -0.135. The van der Waals surface area contributed by atoms with Crippen molar-refractivity contribution in [1.82, 2.24) is 40.8 Å². The maximum Gasteiger partial charge on any atom is 0.407 e. The summed E-state index contributed by atoms with van der Waals surface area (Å²) < 4.78 is 9.61. The molecule has 322 valence electrons. The topological polar surface area (TPSA) is 183 Å². The quantitative estimate of drug-likeness (QED) is 0.0815. The van der Waals surface area contributed by atoms with Crippen LogP contribution in [-0.4, -0.2) is 88.1 Å². The molecule has 4 aromatic carbocycles. The van der Waals surface area contributed by atoms with Gasteiger partial charge in [-0.3, -0.25) is 14.9 Å². The molecule has 5 N–H and O–H groups in total. The lowest BCUT2D eigenvalue weighted by Crippen LogP contribution is -2.57. The molecule has 2 fully saturated rings. The molecule has 4 atom stereocenters. The van der Waals surface area contributed by atoms with Crippen LogP contribution in [0, 0.1) is 11.8 Å². The molecule has 0 bridgehead atoms. The molecular weight excluding hydrogens is 785 g/mol. The van der Waals surface area contributed by atoms with E-state index in [0.29, 0.717) is 25.3 Å². The van der Waals surface area contributed by atoms with Crippen molar-refractivity contribution in [2.45, 2.75) is 77.0 Å². The minimum atomic E-state index is -1.06. The Labute approximate surface area is 360 Å². The lowest BCUT2D eigenvalue weighted by Gasteiger charge is -2.32. The third-order valence-corrected chi connectivity index (χ3v) is 12.4. The van der Waals surface area contributed by atoms with Crippen LogP contribution in [0.15, 0.2) is 85.1 Å². The molecule has 6 aromatic rings. The van der Waals surface area contributed by atoms with Gasteiger partial charge in [0, 0.05) is 6.54 Å². The van der Waals surface area contributed by atoms with Crippen LogP contribution in [0.2, 0.25) is 0 Å². The zero-order chi connectivity index (χ0) is 43.7. The Morgan fingerprint density at radius 2 is 1.35 bits per heavy atom. The molecule has 2 aliphatic rings. The molecule has 0 unspecified atom stereocenters. The zero-order valence-corrected chi connectivity index (χ0v) is 36.0. The second-order valence-corrected chi connectivity index (χ2v) is 17.1. The van der Waals surface area contributed by atoms with Gasteiger partial charge in [0.1, 0.15) is 23.2 Å². The number of aromatic amines is 2. The number of hydrogen-bond acceptors (Lipinski definition) is 9. The molecule has 4 heterocycles. The van der Waals surface area contributed by atoms with Gasteiger partial charge in [0.2, 0.25) is 5.91 Å². The van der Waals surface area contributed by atoms with E-state index in [9.17, 15) is 19.2 Å². The number of benzene rings is 4. The Morgan fingerprint density at radius 1 is 0.742 bits per heavy atom. The van der Waals surface area contributed by atoms with Gasteiger partial charge in [-0.2, -0.15) is 0 Å². The van der Waals surface area contributed by atoms with Crippen molar-refractivity contribution in [2.75, 3.05) is 27.3 Å². The first-order valence-corrected chi connectivity index (χ1v) is 21.4. The van der Waals surface area contributed by atoms with Gasteiger partial charge in [-0.15, -0.1) is 0 Å². The van der Waals surface area contributed by atoms with Gasteiger partial charge in [-0.25, -0.2) is 19.6 Å². The number of carbonyl (C=O) groups excluding carboxylic acids is 4. The van der Waals surface area contributed by atoms with Crippen molar-refractivity contribution < 1.29 is 28.7 Å². The average Bonchev–Trinajstić information content (AvgIpc) is 4.13. The first-order chi connectivity index (χ1) is 29.9. The maximum atomic E-state index is 14.2. The van der Waals surface area contributed by atoms with Gasteiger partial charge in [0.15, 0.2) is 5.78 Å². The molecule has 14 heteroatoms. The normalized spacial score (nSPS) is 18.6. The van der Waals surface area contributed by atoms with Crippen LogP contribution in [0.25, 0.3) is 55.3 Å². The van der Waals surface area contributed by atoms with E-state index < -0.39 is 29.8 Å². The number of ketones is 1. The number of methoxy groups -OCH3 is 2. The predicted octanol–water partition coefficient (Wildman–Crippen LogP) is 8.01. The van der Waals surface area contributed by atoms with E-state index in [1.54, 1.807) is 0 Å². The van der Waals surface area contributed by atoms with Crippen LogP contribution in [0.1, 0.15) is 71.1 Å². The lowest BCUT2D eigenvalue weighted by atomic mass is 9.83. The highest BCUT2D eigenvalue weighted by atomic mass is 16.5. The van der Waals surface area contributed by atoms with Gasteiger partial charge >= 0.3 is 12.2 Å². The summed E-state index contributed by atoms with van der Waals surface area (Å²) >= 11 is 0. The Bertz CT molecular complexity index is 2630. The van der Waals surface area contributed by atoms with Crippen molar-refractivity contribution >= 4 is 45.7 Å². The standard InChI is InChI=1S/C48H54N8O6/c1-27(2)40(54-46(59)61-5)42(57)48(20-8-21-50-48)45-52-36-19-18-34(25-37(36)53-45)33-17-13-30-12-16-32(23-35(30)24-33)29-10-14-31(15-11-29)38-26-49-43(51-38)39-9-7-22-56(39)44(58)41(28(3)4)55-47(60)62-6/h10-19,23-28,39-41,50H,7-9,20-22H2,1-6H3,(H,49,51)(H,52,53)(H,54,59)(H,55,60)/t39-,40-,41-,48+/m0/s1. The summed E-state index contributed by atoms with van der Waals surface area (Å²) in [6, 6.07) is 25.7. The van der Waals surface area contributed by atoms with Gasteiger partial charge in [-0.05, 0) is 107 Å². The molecule has 2 aliphatic heterocycles. The summed E-state index contributed by atoms with van der Waals surface area (Å²) in [6.07, 6.45) is 3.53. The van der Waals surface area contributed by atoms with E-state index in [2.05, 4.69) is 98.7 Å². The summed E-state index contributed by atoms with van der Waals surface area (Å²) in [5.74, 6) is 0.728. The summed E-state index contributed by atoms with van der Waals surface area (Å²) in [5.41, 5.74) is 6.57. The molecule has 8 rings (SSSR count). The van der Waals surface area contributed by atoms with Gasteiger partial charge in [-0.1, -0.05) is 82.3 Å². The van der Waals surface area contributed by atoms with E-state index in [1.165, 1.54) is 14.2 Å². The van der Waals surface area contributed by atoms with E-state index in [1.807, 2.05) is 44.9 Å². The summed E-state index contributed by atoms with van der Waals surface area (Å²) in [5, 5.41) is 11.1. The molecule has 0 radical (unpaired) electrons. The number of fused-ring (bicyclic) bond motifs is 2. The smallest absolute Gasteiger partial charge is 0.407 e. The number of amides is 3. The number of alkyl carbamates (subject to hydrolysis) is 2. The highest BCUT2D eigenvalue weighted by Crippen LogP contribution is 2.37. The number of nitrogens with one attached hydrogen (secondary N) is 5. The van der Waals surface area contributed by atoms with Gasteiger partial charge < -0.3 is 35.0 Å². The van der Waals surface area contributed by atoms with Crippen molar-refractivity contribution in [3.63, 3.8) is 0 Å². The molecule has 2 aromatic heterocycles. The van der Waals surface area contributed by atoms with E-state index in [-0.39, 0.29) is 29.6 Å². The maximum absolute atomic E-state index is 14.2. The number of imidazole rings is 2. The third-order valence-electron chi connectivity index (χ3n) is 12.4. The first kappa shape index (κ1) is 42.2. The molecule has 0 spiro atoms. The molecule has 14 nitrogen and oxygen atoms in total. The number of Topliss-reactive ketones (excluding diaryl/α,β-unsaturated/α-hetero) is 1. The summed E-state index contributed by atoms with van der Waals surface area (Å²) in [6.45, 7) is 8.87. The Kier molecular flexibility index (Phi) is 11.9. The number of H-pyrrole nitrogens is 2. The number of carbonyl (C=O) groups is 4. The largest absolute Gasteiger partial charge is 0.453 e. The zero-order valence-electron chi connectivity index (χ0n) is 36.0. The van der Waals surface area contributed by atoms with Crippen LogP contribution in [0.4, 0.5) is 9.59 Å². The number of likely N-dealkylation sites (tertiary alicyclic amines) is 1. The van der Waals surface area contributed by atoms with Crippen LogP contribution in [0.3, 0.4) is 0 Å². The van der Waals surface area contributed by atoms with Crippen LogP contribution >= 0.6 is 0 Å². The number of rotatable bonds is 12. The number of aromatic nitrogens is 4. The summed E-state index contributed by atoms with van der Waals surface area (Å²) in [4.78, 5) is 70.4. The predicted molar refractivity (Wildman–Crippen MR) is 238 cm³/mol. The molecule has 2 saturated heterocycles. The molecule has 3 amide bonds. The Balaban J connectivity index is 1.00. The fourth-order valence-electron chi connectivity index (χ4n) is 8.94. The number of ether oxygens (including phenoxy) is 2. The fourth-order valence-corrected chi connectivity index (χ4v) is 8.94. The monoisotopic (exact) mass is 838 g/mol. The van der Waals surface area contributed by atoms with Crippen molar-refractivity contribution in [3.05, 3.63) is 96.7 Å². The number of nitrogens with zero attached hydrogens (tertiary/aromatic N) is 3. The van der Waals surface area contributed by atoms with Crippen LogP contribution < -0.4 is 16.0 Å². The second-order valence-electron chi connectivity index (χ2n) is 17.1. The highest BCUT2D eigenvalue weighted by Gasteiger charge is 2.49. The minimum Gasteiger partial charge on any atom is -0.453 e. The molecule has 62 heavy (non-hydrogen) atoms. The third kappa shape index (κ3) is 8.14. The van der Waals surface area contributed by atoms with Crippen molar-refractivity contribution in [3.8, 4) is 33.5 Å². The average molecular weight is 839 g/mol. The molecular formula is C48H54N8O6. The highest BCUT2D eigenvalue weighted by molar-refractivity contribution is 5.97. The van der Waals surface area contributed by atoms with E-state index in [0.717, 1.165) is 80.4 Å². The van der Waals surface area contributed by atoms with Crippen molar-refractivity contribution in [1.29, 1.82) is 0 Å². The Hall–Kier alpha value is -6.54. The van der Waals surface area contributed by atoms with E-state index in [4.69, 9.17) is 19.4 Å². The van der Waals surface area contributed by atoms with Crippen LogP contribution in [-0.2, 0) is 24.6 Å². The second kappa shape index (κ2) is 17.4. The summed E-state index contributed by atoms with van der Waals surface area (Å²) in [7, 11) is 2.58. The minimum absolute atomic E-state index is 0.109.